The highest BCUT2D eigenvalue weighted by atomic mass is 16.5. The van der Waals surface area contributed by atoms with E-state index >= 15 is 0 Å². The van der Waals surface area contributed by atoms with Gasteiger partial charge in [-0.05, 0) is 25.1 Å². The number of hydrogen-bond donors (Lipinski definition) is 2. The van der Waals surface area contributed by atoms with Crippen molar-refractivity contribution in [1.29, 1.82) is 0 Å². The van der Waals surface area contributed by atoms with Gasteiger partial charge in [-0.15, -0.1) is 0 Å². The van der Waals surface area contributed by atoms with Crippen LogP contribution in [0.25, 0.3) is 0 Å². The fourth-order valence-corrected chi connectivity index (χ4v) is 1.36. The molecule has 0 amide bonds. The van der Waals surface area contributed by atoms with Crippen LogP contribution in [-0.4, -0.2) is 43.7 Å². The summed E-state index contributed by atoms with van der Waals surface area (Å²) < 4.78 is 15.3. The van der Waals surface area contributed by atoms with Crippen molar-refractivity contribution in [1.82, 2.24) is 0 Å². The molecule has 1 unspecified atom stereocenters. The van der Waals surface area contributed by atoms with Gasteiger partial charge in [0.25, 0.3) is 0 Å². The fourth-order valence-electron chi connectivity index (χ4n) is 1.36. The first kappa shape index (κ1) is 15.4. The molecule has 6 heteroatoms. The van der Waals surface area contributed by atoms with E-state index in [2.05, 4.69) is 0 Å². The van der Waals surface area contributed by atoms with Crippen molar-refractivity contribution >= 4 is 5.97 Å². The highest BCUT2D eigenvalue weighted by Crippen LogP contribution is 2.14. The van der Waals surface area contributed by atoms with E-state index in [4.69, 9.17) is 25.1 Å². The average Bonchev–Trinajstić information content (AvgIpc) is 2.43. The molecule has 3 N–H and O–H groups in total. The SMILES string of the molecule is CCOC(=O)c1cccc(OCC(N)OCCO)c1. The summed E-state index contributed by atoms with van der Waals surface area (Å²) in [7, 11) is 0. The molecule has 0 saturated carbocycles. The molecule has 0 heterocycles. The van der Waals surface area contributed by atoms with Crippen LogP contribution in [0.15, 0.2) is 24.3 Å². The van der Waals surface area contributed by atoms with Gasteiger partial charge in [0.15, 0.2) is 0 Å². The van der Waals surface area contributed by atoms with Crippen LogP contribution in [0.3, 0.4) is 0 Å². The second-order valence-corrected chi connectivity index (χ2v) is 3.69. The molecular weight excluding hydrogens is 250 g/mol. The van der Waals surface area contributed by atoms with E-state index in [0.717, 1.165) is 0 Å². The van der Waals surface area contributed by atoms with Gasteiger partial charge in [0.1, 0.15) is 18.6 Å². The number of rotatable bonds is 8. The maximum absolute atomic E-state index is 11.5. The van der Waals surface area contributed by atoms with Gasteiger partial charge in [0.2, 0.25) is 0 Å². The predicted molar refractivity (Wildman–Crippen MR) is 68.9 cm³/mol. The summed E-state index contributed by atoms with van der Waals surface area (Å²) in [5.74, 6) is 0.113. The van der Waals surface area contributed by atoms with Gasteiger partial charge in [0.05, 0.1) is 25.4 Å². The Hall–Kier alpha value is -1.63. The Morgan fingerprint density at radius 1 is 1.47 bits per heavy atom. The molecule has 1 atom stereocenters. The predicted octanol–water partition coefficient (Wildman–Crippen LogP) is 0.536. The molecule has 106 valence electrons. The Labute approximate surface area is 112 Å². The van der Waals surface area contributed by atoms with E-state index < -0.39 is 12.2 Å². The molecule has 0 spiro atoms. The lowest BCUT2D eigenvalue weighted by atomic mass is 10.2. The zero-order valence-corrected chi connectivity index (χ0v) is 10.9. The Morgan fingerprint density at radius 3 is 2.95 bits per heavy atom. The van der Waals surface area contributed by atoms with Crippen molar-refractivity contribution in [2.75, 3.05) is 26.4 Å². The minimum absolute atomic E-state index is 0.0912. The quantitative estimate of drug-likeness (QED) is 0.528. The molecule has 0 saturated heterocycles. The van der Waals surface area contributed by atoms with E-state index in [0.29, 0.717) is 17.9 Å². The molecule has 0 fully saturated rings. The molecule has 1 aromatic rings. The lowest BCUT2D eigenvalue weighted by Crippen LogP contribution is -2.31. The van der Waals surface area contributed by atoms with Crippen LogP contribution >= 0.6 is 0 Å². The van der Waals surface area contributed by atoms with Crippen LogP contribution in [0, 0.1) is 0 Å². The molecule has 0 aliphatic carbocycles. The van der Waals surface area contributed by atoms with Gasteiger partial charge in [-0.2, -0.15) is 0 Å². The first-order chi connectivity index (χ1) is 9.17. The second kappa shape index (κ2) is 8.47. The monoisotopic (exact) mass is 269 g/mol. The molecule has 0 aromatic heterocycles. The number of benzene rings is 1. The van der Waals surface area contributed by atoms with Gasteiger partial charge in [-0.3, -0.25) is 0 Å². The second-order valence-electron chi connectivity index (χ2n) is 3.69. The number of aliphatic hydroxyl groups excluding tert-OH is 1. The standard InChI is InChI=1S/C13H19NO5/c1-2-17-13(16)10-4-3-5-11(8-10)19-9-12(14)18-7-6-15/h3-5,8,12,15H,2,6-7,9,14H2,1H3. The third kappa shape index (κ3) is 5.69. The minimum atomic E-state index is -0.626. The lowest BCUT2D eigenvalue weighted by molar-refractivity contribution is 0.00640. The summed E-state index contributed by atoms with van der Waals surface area (Å²) in [4.78, 5) is 11.5. The maximum atomic E-state index is 11.5. The van der Waals surface area contributed by atoms with Crippen LogP contribution < -0.4 is 10.5 Å². The number of carbonyl (C=O) groups is 1. The average molecular weight is 269 g/mol. The Morgan fingerprint density at radius 2 is 2.26 bits per heavy atom. The van der Waals surface area contributed by atoms with Crippen molar-refractivity contribution in [2.24, 2.45) is 5.73 Å². The summed E-state index contributed by atoms with van der Waals surface area (Å²) in [5.41, 5.74) is 6.02. The maximum Gasteiger partial charge on any atom is 0.338 e. The summed E-state index contributed by atoms with van der Waals surface area (Å²) in [5, 5.41) is 8.58. The molecule has 0 bridgehead atoms. The van der Waals surface area contributed by atoms with E-state index in [9.17, 15) is 4.79 Å². The van der Waals surface area contributed by atoms with Crippen molar-refractivity contribution in [3.63, 3.8) is 0 Å². The van der Waals surface area contributed by atoms with Crippen LogP contribution in [-0.2, 0) is 9.47 Å². The molecular formula is C13H19NO5. The largest absolute Gasteiger partial charge is 0.489 e. The molecule has 0 aliphatic heterocycles. The molecule has 1 aromatic carbocycles. The molecule has 6 nitrogen and oxygen atoms in total. The number of nitrogens with two attached hydrogens (primary N) is 1. The summed E-state index contributed by atoms with van der Waals surface area (Å²) in [6.45, 7) is 2.27. The number of ether oxygens (including phenoxy) is 3. The highest BCUT2D eigenvalue weighted by Gasteiger charge is 2.08. The smallest absolute Gasteiger partial charge is 0.338 e. The van der Waals surface area contributed by atoms with Crippen molar-refractivity contribution in [3.8, 4) is 5.75 Å². The van der Waals surface area contributed by atoms with Crippen LogP contribution in [0.5, 0.6) is 5.75 Å². The van der Waals surface area contributed by atoms with E-state index in [-0.39, 0.29) is 19.8 Å². The van der Waals surface area contributed by atoms with Gasteiger partial charge in [-0.1, -0.05) is 6.07 Å². The topological polar surface area (TPSA) is 91.0 Å². The zero-order chi connectivity index (χ0) is 14.1. The third-order valence-corrected chi connectivity index (χ3v) is 2.18. The molecule has 1 rings (SSSR count). The number of aliphatic hydroxyl groups is 1. The van der Waals surface area contributed by atoms with Crippen molar-refractivity contribution < 1.29 is 24.1 Å². The first-order valence-corrected chi connectivity index (χ1v) is 6.05. The molecule has 0 radical (unpaired) electrons. The van der Waals surface area contributed by atoms with E-state index in [1.54, 1.807) is 31.2 Å². The van der Waals surface area contributed by atoms with Crippen LogP contribution in [0.2, 0.25) is 0 Å². The molecule has 19 heavy (non-hydrogen) atoms. The normalized spacial score (nSPS) is 11.9. The highest BCUT2D eigenvalue weighted by molar-refractivity contribution is 5.89. The van der Waals surface area contributed by atoms with E-state index in [1.807, 2.05) is 0 Å². The summed E-state index contributed by atoms with van der Waals surface area (Å²) in [6.07, 6.45) is -0.626. The Bertz CT molecular complexity index is 396. The summed E-state index contributed by atoms with van der Waals surface area (Å²) >= 11 is 0. The minimum Gasteiger partial charge on any atom is -0.489 e. The van der Waals surface area contributed by atoms with Crippen LogP contribution in [0.4, 0.5) is 0 Å². The number of esters is 1. The molecule has 0 aliphatic rings. The summed E-state index contributed by atoms with van der Waals surface area (Å²) in [6, 6.07) is 6.63. The van der Waals surface area contributed by atoms with Crippen molar-refractivity contribution in [3.05, 3.63) is 29.8 Å². The Balaban J connectivity index is 2.50. The zero-order valence-electron chi connectivity index (χ0n) is 10.9. The lowest BCUT2D eigenvalue weighted by Gasteiger charge is -2.13. The third-order valence-electron chi connectivity index (χ3n) is 2.18. The van der Waals surface area contributed by atoms with Gasteiger partial charge < -0.3 is 25.1 Å². The van der Waals surface area contributed by atoms with Crippen molar-refractivity contribution in [2.45, 2.75) is 13.2 Å². The van der Waals surface area contributed by atoms with E-state index in [1.165, 1.54) is 0 Å². The van der Waals surface area contributed by atoms with Gasteiger partial charge >= 0.3 is 5.97 Å². The van der Waals surface area contributed by atoms with Gasteiger partial charge in [0, 0.05) is 0 Å². The number of hydrogen-bond acceptors (Lipinski definition) is 6. The Kier molecular flexibility index (Phi) is 6.88. The number of carbonyl (C=O) groups excluding carboxylic acids is 1. The fraction of sp³-hybridized carbons (Fsp3) is 0.462. The van der Waals surface area contributed by atoms with Gasteiger partial charge in [-0.25, -0.2) is 4.79 Å². The van der Waals surface area contributed by atoms with Crippen LogP contribution in [0.1, 0.15) is 17.3 Å². The first-order valence-electron chi connectivity index (χ1n) is 6.05.